The van der Waals surface area contributed by atoms with Gasteiger partial charge in [0.2, 0.25) is 0 Å². The number of aromatic nitrogens is 4. The van der Waals surface area contributed by atoms with E-state index in [4.69, 9.17) is 28.9 Å². The molecule has 0 aliphatic heterocycles. The number of nitrogens with zero attached hydrogens (tertiary/aromatic N) is 2. The van der Waals surface area contributed by atoms with Crippen LogP contribution in [0, 0.1) is 0 Å². The minimum atomic E-state index is 0.702. The van der Waals surface area contributed by atoms with Crippen molar-refractivity contribution in [2.45, 2.75) is 10.3 Å². The number of H-pyrrole nitrogens is 2. The van der Waals surface area contributed by atoms with Gasteiger partial charge in [0.15, 0.2) is 10.3 Å². The fourth-order valence-corrected chi connectivity index (χ4v) is 5.50. The molecule has 0 bridgehead atoms. The van der Waals surface area contributed by atoms with Gasteiger partial charge < -0.3 is 28.9 Å². The Kier molecular flexibility index (Phi) is 8.06. The van der Waals surface area contributed by atoms with E-state index >= 15 is 0 Å². The van der Waals surface area contributed by atoms with Gasteiger partial charge >= 0.3 is 0 Å². The molecule has 6 rings (SSSR count). The Morgan fingerprint density at radius 1 is 0.419 bits per heavy atom. The lowest BCUT2D eigenvalue weighted by Gasteiger charge is -2.06. The van der Waals surface area contributed by atoms with Crippen LogP contribution in [0.3, 0.4) is 0 Å². The first-order valence-corrected chi connectivity index (χ1v) is 14.4. The summed E-state index contributed by atoms with van der Waals surface area (Å²) in [6.45, 7) is 0. The number of imidazole rings is 2. The molecule has 0 unspecified atom stereocenters. The van der Waals surface area contributed by atoms with Crippen molar-refractivity contribution in [2.24, 2.45) is 0 Å². The lowest BCUT2D eigenvalue weighted by Crippen LogP contribution is -1.87. The number of aromatic amines is 2. The van der Waals surface area contributed by atoms with E-state index in [1.807, 2.05) is 97.1 Å². The zero-order valence-corrected chi connectivity index (χ0v) is 25.0. The number of hydrogen-bond donors (Lipinski definition) is 2. The second kappa shape index (κ2) is 12.4. The van der Waals surface area contributed by atoms with Crippen molar-refractivity contribution >= 4 is 11.8 Å². The van der Waals surface area contributed by atoms with E-state index in [0.29, 0.717) is 10.3 Å². The van der Waals surface area contributed by atoms with E-state index in [2.05, 4.69) is 9.97 Å². The van der Waals surface area contributed by atoms with Crippen LogP contribution in [0.25, 0.3) is 45.0 Å². The summed E-state index contributed by atoms with van der Waals surface area (Å²) in [7, 11) is 6.63. The van der Waals surface area contributed by atoms with Crippen molar-refractivity contribution < 1.29 is 18.9 Å². The third-order valence-electron chi connectivity index (χ3n) is 7.04. The van der Waals surface area contributed by atoms with Crippen molar-refractivity contribution in [1.82, 2.24) is 19.9 Å². The van der Waals surface area contributed by atoms with E-state index in [9.17, 15) is 0 Å². The number of benzene rings is 4. The highest BCUT2D eigenvalue weighted by Gasteiger charge is 2.19. The number of hydrogen-bond acceptors (Lipinski definition) is 7. The van der Waals surface area contributed by atoms with Crippen LogP contribution in [0.5, 0.6) is 23.0 Å². The van der Waals surface area contributed by atoms with Crippen LogP contribution in [0.4, 0.5) is 0 Å². The van der Waals surface area contributed by atoms with Crippen LogP contribution in [-0.4, -0.2) is 48.4 Å². The summed E-state index contributed by atoms with van der Waals surface area (Å²) >= 11 is 1.43. The maximum absolute atomic E-state index is 5.37. The fourth-order valence-electron chi connectivity index (χ4n) is 4.74. The summed E-state index contributed by atoms with van der Waals surface area (Å²) in [5.41, 5.74) is 7.35. The smallest absolute Gasteiger partial charge is 0.174 e. The lowest BCUT2D eigenvalue weighted by atomic mass is 10.0. The summed E-state index contributed by atoms with van der Waals surface area (Å²) in [5, 5.41) is 1.40. The maximum atomic E-state index is 5.37. The van der Waals surface area contributed by atoms with Crippen LogP contribution in [0.1, 0.15) is 0 Å². The van der Waals surface area contributed by atoms with Gasteiger partial charge in [-0.05, 0) is 109 Å². The molecule has 43 heavy (non-hydrogen) atoms. The predicted molar refractivity (Wildman–Crippen MR) is 169 cm³/mol. The van der Waals surface area contributed by atoms with Gasteiger partial charge in [-0.2, -0.15) is 0 Å². The van der Waals surface area contributed by atoms with Crippen molar-refractivity contribution in [1.29, 1.82) is 0 Å². The molecule has 0 atom stereocenters. The Balaban J connectivity index is 1.41. The highest BCUT2D eigenvalue weighted by atomic mass is 32.2. The second-order valence-electron chi connectivity index (χ2n) is 9.55. The van der Waals surface area contributed by atoms with Crippen LogP contribution >= 0.6 is 11.8 Å². The van der Waals surface area contributed by atoms with Gasteiger partial charge in [0.05, 0.1) is 51.2 Å². The predicted octanol–water partition coefficient (Wildman–Crippen LogP) is 7.99. The summed E-state index contributed by atoms with van der Waals surface area (Å²) < 4.78 is 21.5. The monoisotopic (exact) mass is 590 g/mol. The molecule has 4 aromatic carbocycles. The zero-order chi connectivity index (χ0) is 29.8. The number of nitrogens with one attached hydrogen (secondary N) is 2. The first-order valence-electron chi connectivity index (χ1n) is 13.5. The molecule has 0 amide bonds. The van der Waals surface area contributed by atoms with E-state index in [1.54, 1.807) is 28.4 Å². The normalized spacial score (nSPS) is 10.9. The van der Waals surface area contributed by atoms with Gasteiger partial charge in [-0.25, -0.2) is 9.97 Å². The standard InChI is InChI=1S/C34H30N4O4S/c1-39-25-13-5-21(6-14-25)29-30(22-7-15-26(40-2)16-8-22)36-33(35-29)43-34-37-31(23-9-17-27(41-3)18-10-23)32(38-34)24-11-19-28(42-4)20-12-24/h5-20H,1-4H3,(H,35,36)(H,37,38). The Hall–Kier alpha value is -5.15. The molecule has 9 heteroatoms. The average Bonchev–Trinajstić information content (AvgIpc) is 3.69. The minimum Gasteiger partial charge on any atom is -0.497 e. The van der Waals surface area contributed by atoms with Gasteiger partial charge in [0, 0.05) is 22.3 Å². The molecule has 6 aromatic rings. The van der Waals surface area contributed by atoms with Crippen molar-refractivity contribution in [3.05, 3.63) is 97.1 Å². The quantitative estimate of drug-likeness (QED) is 0.167. The van der Waals surface area contributed by atoms with E-state index in [-0.39, 0.29) is 0 Å². The van der Waals surface area contributed by atoms with Crippen LogP contribution < -0.4 is 18.9 Å². The largest absolute Gasteiger partial charge is 0.497 e. The summed E-state index contributed by atoms with van der Waals surface area (Å²) in [6.07, 6.45) is 0. The molecule has 0 radical (unpaired) electrons. The van der Waals surface area contributed by atoms with Crippen molar-refractivity contribution in [2.75, 3.05) is 28.4 Å². The van der Waals surface area contributed by atoms with Crippen molar-refractivity contribution in [3.8, 4) is 68.0 Å². The number of methoxy groups -OCH3 is 4. The highest BCUT2D eigenvalue weighted by Crippen LogP contribution is 2.39. The first kappa shape index (κ1) is 28.0. The molecule has 2 N–H and O–H groups in total. The van der Waals surface area contributed by atoms with Crippen molar-refractivity contribution in [3.63, 3.8) is 0 Å². The van der Waals surface area contributed by atoms with Crippen LogP contribution in [0.2, 0.25) is 0 Å². The van der Waals surface area contributed by atoms with Crippen LogP contribution in [0.15, 0.2) is 107 Å². The van der Waals surface area contributed by atoms with Crippen LogP contribution in [-0.2, 0) is 0 Å². The molecule has 0 spiro atoms. The Labute approximate surface area is 254 Å². The van der Waals surface area contributed by atoms with E-state index < -0.39 is 0 Å². The SMILES string of the molecule is COc1ccc(-c2nc(Sc3nc(-c4ccc(OC)cc4)c(-c4ccc(OC)cc4)[nH]3)[nH]c2-c2ccc(OC)cc2)cc1. The van der Waals surface area contributed by atoms with E-state index in [1.165, 1.54) is 11.8 Å². The third kappa shape index (κ3) is 5.93. The lowest BCUT2D eigenvalue weighted by molar-refractivity contribution is 0.414. The number of ether oxygens (including phenoxy) is 4. The molecule has 0 saturated carbocycles. The summed E-state index contributed by atoms with van der Waals surface area (Å²) in [6, 6.07) is 31.6. The molecule has 2 heterocycles. The molecule has 216 valence electrons. The zero-order valence-electron chi connectivity index (χ0n) is 24.2. The van der Waals surface area contributed by atoms with Gasteiger partial charge in [-0.3, -0.25) is 0 Å². The molecule has 0 saturated heterocycles. The fraction of sp³-hybridized carbons (Fsp3) is 0.118. The summed E-state index contributed by atoms with van der Waals surface area (Å²) in [5.74, 6) is 3.15. The summed E-state index contributed by atoms with van der Waals surface area (Å²) in [4.78, 5) is 17.1. The highest BCUT2D eigenvalue weighted by molar-refractivity contribution is 7.99. The molecular formula is C34H30N4O4S. The molecule has 0 aliphatic carbocycles. The van der Waals surface area contributed by atoms with Gasteiger partial charge in [-0.15, -0.1) is 0 Å². The Bertz CT molecular complexity index is 1550. The maximum Gasteiger partial charge on any atom is 0.174 e. The van der Waals surface area contributed by atoms with Gasteiger partial charge in [0.1, 0.15) is 23.0 Å². The first-order chi connectivity index (χ1) is 21.1. The second-order valence-corrected chi connectivity index (χ2v) is 10.5. The van der Waals surface area contributed by atoms with Gasteiger partial charge in [-0.1, -0.05) is 0 Å². The van der Waals surface area contributed by atoms with E-state index in [0.717, 1.165) is 68.0 Å². The molecule has 0 fully saturated rings. The number of rotatable bonds is 10. The Morgan fingerprint density at radius 2 is 0.698 bits per heavy atom. The average molecular weight is 591 g/mol. The third-order valence-corrected chi connectivity index (χ3v) is 7.82. The minimum absolute atomic E-state index is 0.702. The Morgan fingerprint density at radius 3 is 0.977 bits per heavy atom. The molecule has 0 aliphatic rings. The topological polar surface area (TPSA) is 94.3 Å². The molecule has 2 aromatic heterocycles. The molecule has 8 nitrogen and oxygen atoms in total. The molecular weight excluding hydrogens is 560 g/mol. The van der Waals surface area contributed by atoms with Gasteiger partial charge in [0.25, 0.3) is 0 Å².